The van der Waals surface area contributed by atoms with Crippen molar-refractivity contribution in [1.29, 1.82) is 0 Å². The number of ketones is 1. The van der Waals surface area contributed by atoms with Gasteiger partial charge in [0.05, 0.1) is 22.6 Å². The van der Waals surface area contributed by atoms with E-state index in [4.69, 9.17) is 15.8 Å². The number of rotatable bonds is 3. The fourth-order valence-electron chi connectivity index (χ4n) is 1.99. The van der Waals surface area contributed by atoms with E-state index in [9.17, 15) is 9.59 Å². The Labute approximate surface area is 119 Å². The number of fused-ring (bicyclic) bond motifs is 1. The molecule has 19 heavy (non-hydrogen) atoms. The first-order valence-corrected chi connectivity index (χ1v) is 7.06. The van der Waals surface area contributed by atoms with Crippen LogP contribution in [0.15, 0.2) is 16.9 Å². The number of nitrogens with one attached hydrogen (secondary N) is 1. The van der Waals surface area contributed by atoms with Crippen molar-refractivity contribution in [2.45, 2.75) is 13.8 Å². The second kappa shape index (κ2) is 5.27. The lowest BCUT2D eigenvalue weighted by atomic mass is 10.0. The highest BCUT2D eigenvalue weighted by Crippen LogP contribution is 2.34. The molecule has 1 aromatic heterocycles. The zero-order valence-electron chi connectivity index (χ0n) is 10.7. The molecule has 6 heteroatoms. The van der Waals surface area contributed by atoms with Crippen LogP contribution in [0, 0.1) is 6.92 Å². The van der Waals surface area contributed by atoms with Gasteiger partial charge in [-0.1, -0.05) is 17.7 Å². The van der Waals surface area contributed by atoms with Crippen molar-refractivity contribution in [1.82, 2.24) is 4.98 Å². The number of H-pyrrole nitrogens is 1. The van der Waals surface area contributed by atoms with Gasteiger partial charge in [0, 0.05) is 11.6 Å². The summed E-state index contributed by atoms with van der Waals surface area (Å²) in [6.45, 7) is 3.21. The summed E-state index contributed by atoms with van der Waals surface area (Å²) in [7, 11) is 0. The third-order valence-corrected chi connectivity index (χ3v) is 3.45. The summed E-state index contributed by atoms with van der Waals surface area (Å²) in [6.07, 6.45) is 1.72. The lowest BCUT2D eigenvalue weighted by Gasteiger charge is -2.12. The lowest BCUT2D eigenvalue weighted by molar-refractivity contribution is 0.101. The molecule has 0 bridgehead atoms. The maximum absolute atomic E-state index is 12.0. The molecule has 100 valence electrons. The zero-order valence-corrected chi connectivity index (χ0v) is 12.2. The SMILES string of the molecule is CSOc1c(C(C)=O)c(=O)[nH]c2c(Cl)ccc(C)c12. The molecule has 1 N–H and O–H groups in total. The van der Waals surface area contributed by atoms with E-state index in [-0.39, 0.29) is 17.1 Å². The molecule has 2 rings (SSSR count). The number of benzene rings is 1. The molecule has 0 aliphatic carbocycles. The summed E-state index contributed by atoms with van der Waals surface area (Å²) in [5.41, 5.74) is 0.895. The first-order valence-electron chi connectivity index (χ1n) is 5.54. The lowest BCUT2D eigenvalue weighted by Crippen LogP contribution is -2.18. The smallest absolute Gasteiger partial charge is 0.263 e. The number of carbonyl (C=O) groups excluding carboxylic acids is 1. The molecule has 1 aromatic carbocycles. The highest BCUT2D eigenvalue weighted by atomic mass is 35.5. The van der Waals surface area contributed by atoms with Crippen molar-refractivity contribution in [3.05, 3.63) is 38.6 Å². The quantitative estimate of drug-likeness (QED) is 0.697. The molecule has 4 nitrogen and oxygen atoms in total. The third kappa shape index (κ3) is 2.35. The predicted molar refractivity (Wildman–Crippen MR) is 78.5 cm³/mol. The summed E-state index contributed by atoms with van der Waals surface area (Å²) in [5.74, 6) is -0.0645. The number of hydrogen-bond donors (Lipinski definition) is 1. The van der Waals surface area contributed by atoms with Crippen molar-refractivity contribution >= 4 is 40.3 Å². The van der Waals surface area contributed by atoms with Gasteiger partial charge in [0.15, 0.2) is 11.5 Å². The summed E-state index contributed by atoms with van der Waals surface area (Å²) in [5, 5.41) is 1.07. The van der Waals surface area contributed by atoms with Gasteiger partial charge in [-0.25, -0.2) is 0 Å². The van der Waals surface area contributed by atoms with Gasteiger partial charge >= 0.3 is 0 Å². The molecule has 0 spiro atoms. The van der Waals surface area contributed by atoms with Gasteiger partial charge in [0.1, 0.15) is 5.56 Å². The molecule has 0 saturated heterocycles. The highest BCUT2D eigenvalue weighted by Gasteiger charge is 2.20. The van der Waals surface area contributed by atoms with Crippen LogP contribution in [0.25, 0.3) is 10.9 Å². The van der Waals surface area contributed by atoms with Gasteiger partial charge in [-0.3, -0.25) is 9.59 Å². The monoisotopic (exact) mass is 297 g/mol. The number of aromatic nitrogens is 1. The van der Waals surface area contributed by atoms with Crippen LogP contribution in [-0.4, -0.2) is 17.0 Å². The van der Waals surface area contributed by atoms with Crippen LogP contribution in [0.2, 0.25) is 5.02 Å². The Morgan fingerprint density at radius 1 is 1.42 bits per heavy atom. The molecule has 1 heterocycles. The molecular weight excluding hydrogens is 286 g/mol. The molecule has 0 aliphatic rings. The van der Waals surface area contributed by atoms with E-state index in [2.05, 4.69) is 4.98 Å². The number of halogens is 1. The zero-order chi connectivity index (χ0) is 14.2. The standard InChI is InChI=1S/C13H12ClNO3S/c1-6-4-5-8(14)11-9(6)12(18-19-3)10(7(2)16)13(17)15-11/h4-5H,1-3H3,(H,15,17). The summed E-state index contributed by atoms with van der Waals surface area (Å²) in [6, 6.07) is 3.52. The number of aryl methyl sites for hydroxylation is 1. The predicted octanol–water partition coefficient (Wildman–Crippen LogP) is 3.35. The summed E-state index contributed by atoms with van der Waals surface area (Å²) in [4.78, 5) is 26.3. The van der Waals surface area contributed by atoms with Crippen LogP contribution in [-0.2, 0) is 0 Å². The molecule has 0 fully saturated rings. The molecule has 0 radical (unpaired) electrons. The molecular formula is C13H12ClNO3S. The van der Waals surface area contributed by atoms with E-state index in [1.165, 1.54) is 6.92 Å². The van der Waals surface area contributed by atoms with Gasteiger partial charge in [-0.05, 0) is 25.5 Å². The first kappa shape index (κ1) is 14.0. The van der Waals surface area contributed by atoms with Crippen LogP contribution in [0.4, 0.5) is 0 Å². The average molecular weight is 298 g/mol. The van der Waals surface area contributed by atoms with E-state index < -0.39 is 5.56 Å². The van der Waals surface area contributed by atoms with E-state index in [0.29, 0.717) is 15.9 Å². The van der Waals surface area contributed by atoms with Gasteiger partial charge in [0.25, 0.3) is 5.56 Å². The van der Waals surface area contributed by atoms with Crippen LogP contribution < -0.4 is 9.74 Å². The molecule has 2 aromatic rings. The largest absolute Gasteiger partial charge is 0.424 e. The Bertz CT molecular complexity index is 724. The Hall–Kier alpha value is -1.46. The summed E-state index contributed by atoms with van der Waals surface area (Å²) >= 11 is 7.16. The van der Waals surface area contributed by atoms with Gasteiger partial charge < -0.3 is 9.17 Å². The second-order valence-corrected chi connectivity index (χ2v) is 4.99. The van der Waals surface area contributed by atoms with Gasteiger partial charge in [-0.2, -0.15) is 0 Å². The number of pyridine rings is 1. The number of aromatic amines is 1. The van der Waals surface area contributed by atoms with E-state index >= 15 is 0 Å². The maximum atomic E-state index is 12.0. The Kier molecular flexibility index (Phi) is 3.87. The van der Waals surface area contributed by atoms with Gasteiger partial charge in [-0.15, -0.1) is 0 Å². The van der Waals surface area contributed by atoms with E-state index in [1.54, 1.807) is 12.3 Å². The van der Waals surface area contributed by atoms with Crippen LogP contribution in [0.1, 0.15) is 22.8 Å². The van der Waals surface area contributed by atoms with E-state index in [0.717, 1.165) is 17.6 Å². The molecule has 0 atom stereocenters. The molecule has 0 unspecified atom stereocenters. The number of hydrogen-bond acceptors (Lipinski definition) is 4. The normalized spacial score (nSPS) is 10.7. The topological polar surface area (TPSA) is 59.2 Å². The molecule has 0 amide bonds. The van der Waals surface area contributed by atoms with E-state index in [1.807, 2.05) is 13.0 Å². The van der Waals surface area contributed by atoms with Crippen molar-refractivity contribution in [3.8, 4) is 5.75 Å². The Balaban J connectivity index is 3.02. The van der Waals surface area contributed by atoms with Gasteiger partial charge in [0.2, 0.25) is 0 Å². The highest BCUT2D eigenvalue weighted by molar-refractivity contribution is 7.94. The Morgan fingerprint density at radius 3 is 2.68 bits per heavy atom. The Morgan fingerprint density at radius 2 is 2.11 bits per heavy atom. The fraction of sp³-hybridized carbons (Fsp3) is 0.231. The third-order valence-electron chi connectivity index (χ3n) is 2.80. The number of Topliss-reactive ketones (excluding diaryl/α,β-unsaturated/α-hetero) is 1. The van der Waals surface area contributed by atoms with Crippen molar-refractivity contribution in [3.63, 3.8) is 0 Å². The summed E-state index contributed by atoms with van der Waals surface area (Å²) < 4.78 is 5.45. The molecule has 0 saturated carbocycles. The second-order valence-electron chi connectivity index (χ2n) is 4.08. The fourth-order valence-corrected chi connectivity index (χ4v) is 2.52. The van der Waals surface area contributed by atoms with Crippen LogP contribution in [0.3, 0.4) is 0 Å². The first-order chi connectivity index (χ1) is 8.97. The minimum atomic E-state index is -0.489. The maximum Gasteiger partial charge on any atom is 0.263 e. The molecule has 0 aliphatic heterocycles. The van der Waals surface area contributed by atoms with Crippen LogP contribution >= 0.6 is 23.6 Å². The van der Waals surface area contributed by atoms with Crippen molar-refractivity contribution < 1.29 is 8.98 Å². The minimum absolute atomic E-state index is 0.0206. The van der Waals surface area contributed by atoms with Crippen LogP contribution in [0.5, 0.6) is 5.75 Å². The number of carbonyl (C=O) groups is 1. The van der Waals surface area contributed by atoms with Crippen molar-refractivity contribution in [2.24, 2.45) is 0 Å². The minimum Gasteiger partial charge on any atom is -0.424 e. The van der Waals surface area contributed by atoms with Crippen molar-refractivity contribution in [2.75, 3.05) is 6.26 Å². The average Bonchev–Trinajstić information content (AvgIpc) is 2.33.